The summed E-state index contributed by atoms with van der Waals surface area (Å²) in [5.41, 5.74) is 8.53. The monoisotopic (exact) mass is 271 g/mol. The molecule has 0 fully saturated rings. The minimum absolute atomic E-state index is 0.128. The first-order valence-corrected chi connectivity index (χ1v) is 5.79. The highest BCUT2D eigenvalue weighted by Gasteiger charge is 2.07. The second-order valence-corrected chi connectivity index (χ2v) is 4.32. The molecule has 0 aromatic heterocycles. The van der Waals surface area contributed by atoms with Gasteiger partial charge >= 0.3 is 0 Å². The van der Waals surface area contributed by atoms with E-state index in [1.807, 2.05) is 13.8 Å². The first-order valence-electron chi connectivity index (χ1n) is 5.01. The molecule has 0 aliphatic heterocycles. The molecule has 0 saturated heterocycles. The molecule has 0 aliphatic rings. The predicted octanol–water partition coefficient (Wildman–Crippen LogP) is 2.32. The third-order valence-electron chi connectivity index (χ3n) is 2.06. The Morgan fingerprint density at radius 2 is 2.06 bits per heavy atom. The summed E-state index contributed by atoms with van der Waals surface area (Å²) < 4.78 is 5.65. The van der Waals surface area contributed by atoms with Gasteiger partial charge in [-0.15, -0.1) is 0 Å². The fraction of sp³-hybridized carbons (Fsp3) is 0.273. The SMILES string of the molecule is C/C(=N\NC(N)=S)C(C)Oc1ccc(Cl)cc1. The molecule has 4 nitrogen and oxygen atoms in total. The van der Waals surface area contributed by atoms with E-state index in [1.165, 1.54) is 0 Å². The predicted molar refractivity (Wildman–Crippen MR) is 74.6 cm³/mol. The molecular formula is C11H14ClN3OS. The van der Waals surface area contributed by atoms with Gasteiger partial charge in [-0.05, 0) is 50.3 Å². The molecule has 0 spiro atoms. The van der Waals surface area contributed by atoms with Crippen LogP contribution >= 0.6 is 23.8 Å². The summed E-state index contributed by atoms with van der Waals surface area (Å²) in [5, 5.41) is 4.79. The summed E-state index contributed by atoms with van der Waals surface area (Å²) in [4.78, 5) is 0. The second-order valence-electron chi connectivity index (χ2n) is 3.44. The smallest absolute Gasteiger partial charge is 0.184 e. The van der Waals surface area contributed by atoms with E-state index in [0.29, 0.717) is 5.02 Å². The summed E-state index contributed by atoms with van der Waals surface area (Å²) >= 11 is 10.4. The van der Waals surface area contributed by atoms with Crippen molar-refractivity contribution in [2.45, 2.75) is 20.0 Å². The molecule has 1 atom stereocenters. The van der Waals surface area contributed by atoms with E-state index in [1.54, 1.807) is 24.3 Å². The van der Waals surface area contributed by atoms with Gasteiger partial charge in [-0.3, -0.25) is 5.43 Å². The van der Waals surface area contributed by atoms with Gasteiger partial charge < -0.3 is 10.5 Å². The van der Waals surface area contributed by atoms with Crippen molar-refractivity contribution in [3.8, 4) is 5.75 Å². The maximum absolute atomic E-state index is 5.78. The summed E-state index contributed by atoms with van der Waals surface area (Å²) in [6.45, 7) is 3.71. The summed E-state index contributed by atoms with van der Waals surface area (Å²) in [5.74, 6) is 0.728. The highest BCUT2D eigenvalue weighted by atomic mass is 35.5. The lowest BCUT2D eigenvalue weighted by atomic mass is 10.2. The van der Waals surface area contributed by atoms with Crippen LogP contribution in [0, 0.1) is 0 Å². The largest absolute Gasteiger partial charge is 0.485 e. The van der Waals surface area contributed by atoms with Crippen molar-refractivity contribution >= 4 is 34.6 Å². The molecule has 0 bridgehead atoms. The van der Waals surface area contributed by atoms with Crippen LogP contribution < -0.4 is 15.9 Å². The Morgan fingerprint density at radius 1 is 1.47 bits per heavy atom. The Hall–Kier alpha value is -1.33. The lowest BCUT2D eigenvalue weighted by Crippen LogP contribution is -2.29. The Labute approximate surface area is 111 Å². The zero-order valence-corrected chi connectivity index (χ0v) is 11.2. The summed E-state index contributed by atoms with van der Waals surface area (Å²) in [7, 11) is 0. The van der Waals surface area contributed by atoms with E-state index >= 15 is 0 Å². The van der Waals surface area contributed by atoms with Crippen LogP contribution in [0.5, 0.6) is 5.75 Å². The summed E-state index contributed by atoms with van der Waals surface area (Å²) in [6.07, 6.45) is -0.182. The van der Waals surface area contributed by atoms with E-state index in [0.717, 1.165) is 11.5 Å². The Balaban J connectivity index is 2.59. The van der Waals surface area contributed by atoms with Crippen LogP contribution in [0.4, 0.5) is 0 Å². The van der Waals surface area contributed by atoms with Crippen molar-refractivity contribution in [1.82, 2.24) is 5.43 Å². The molecule has 1 rings (SSSR count). The molecule has 0 saturated carbocycles. The van der Waals surface area contributed by atoms with Crippen LogP contribution in [0.15, 0.2) is 29.4 Å². The standard InChI is InChI=1S/C11H14ClN3OS/c1-7(14-15-11(13)17)8(2)16-10-5-3-9(12)4-6-10/h3-6,8H,1-2H3,(H3,13,15,17)/b14-7+. The van der Waals surface area contributed by atoms with Gasteiger partial charge in [0.05, 0.1) is 5.71 Å². The average molecular weight is 272 g/mol. The fourth-order valence-electron chi connectivity index (χ4n) is 1.04. The van der Waals surface area contributed by atoms with Gasteiger partial charge in [0.1, 0.15) is 11.9 Å². The van der Waals surface area contributed by atoms with Crippen molar-refractivity contribution in [3.63, 3.8) is 0 Å². The van der Waals surface area contributed by atoms with Crippen molar-refractivity contribution in [1.29, 1.82) is 0 Å². The van der Waals surface area contributed by atoms with E-state index < -0.39 is 0 Å². The number of ether oxygens (including phenoxy) is 1. The van der Waals surface area contributed by atoms with Gasteiger partial charge in [0.15, 0.2) is 5.11 Å². The Bertz CT molecular complexity index is 419. The van der Waals surface area contributed by atoms with Crippen molar-refractivity contribution in [2.24, 2.45) is 10.8 Å². The number of thiocarbonyl (C=S) groups is 1. The van der Waals surface area contributed by atoms with Crippen molar-refractivity contribution in [2.75, 3.05) is 0 Å². The zero-order valence-electron chi connectivity index (χ0n) is 9.61. The summed E-state index contributed by atoms with van der Waals surface area (Å²) in [6, 6.07) is 7.13. The van der Waals surface area contributed by atoms with E-state index in [4.69, 9.17) is 22.1 Å². The lowest BCUT2D eigenvalue weighted by Gasteiger charge is -2.14. The van der Waals surface area contributed by atoms with Crippen LogP contribution in [0.2, 0.25) is 5.02 Å². The Kier molecular flexibility index (Phi) is 5.18. The minimum atomic E-state index is -0.182. The van der Waals surface area contributed by atoms with E-state index in [9.17, 15) is 0 Å². The molecule has 1 unspecified atom stereocenters. The van der Waals surface area contributed by atoms with Crippen LogP contribution in [-0.4, -0.2) is 16.9 Å². The van der Waals surface area contributed by atoms with E-state index in [2.05, 4.69) is 22.7 Å². The van der Waals surface area contributed by atoms with Gasteiger partial charge in [0, 0.05) is 5.02 Å². The first kappa shape index (κ1) is 13.7. The molecule has 1 aromatic rings. The molecule has 1 aromatic carbocycles. The maximum atomic E-state index is 5.78. The highest BCUT2D eigenvalue weighted by molar-refractivity contribution is 7.80. The number of nitrogens with one attached hydrogen (secondary N) is 1. The number of nitrogens with two attached hydrogens (primary N) is 1. The molecule has 0 heterocycles. The quantitative estimate of drug-likeness (QED) is 0.501. The van der Waals surface area contributed by atoms with Crippen LogP contribution in [-0.2, 0) is 0 Å². The van der Waals surface area contributed by atoms with Gasteiger partial charge in [-0.1, -0.05) is 11.6 Å². The molecule has 0 radical (unpaired) electrons. The van der Waals surface area contributed by atoms with Gasteiger partial charge in [-0.2, -0.15) is 5.10 Å². The number of halogens is 1. The number of hydrogen-bond acceptors (Lipinski definition) is 3. The third kappa shape index (κ3) is 5.01. The molecule has 6 heteroatoms. The molecule has 0 amide bonds. The lowest BCUT2D eigenvalue weighted by molar-refractivity contribution is 0.286. The topological polar surface area (TPSA) is 59.6 Å². The fourth-order valence-corrected chi connectivity index (χ4v) is 1.21. The van der Waals surface area contributed by atoms with Crippen LogP contribution in [0.25, 0.3) is 0 Å². The minimum Gasteiger partial charge on any atom is -0.485 e. The maximum Gasteiger partial charge on any atom is 0.184 e. The Morgan fingerprint density at radius 3 is 2.59 bits per heavy atom. The normalized spacial score (nSPS) is 13.0. The third-order valence-corrected chi connectivity index (χ3v) is 2.40. The molecule has 17 heavy (non-hydrogen) atoms. The number of benzene rings is 1. The molecular weight excluding hydrogens is 258 g/mol. The van der Waals surface area contributed by atoms with Crippen LogP contribution in [0.1, 0.15) is 13.8 Å². The van der Waals surface area contributed by atoms with Gasteiger partial charge in [0.25, 0.3) is 0 Å². The molecule has 0 aliphatic carbocycles. The van der Waals surface area contributed by atoms with Crippen LogP contribution in [0.3, 0.4) is 0 Å². The van der Waals surface area contributed by atoms with E-state index in [-0.39, 0.29) is 11.2 Å². The molecule has 3 N–H and O–H groups in total. The number of rotatable bonds is 4. The average Bonchev–Trinajstić information content (AvgIpc) is 2.28. The first-order chi connectivity index (χ1) is 7.99. The number of nitrogens with zero attached hydrogens (tertiary/aromatic N) is 1. The van der Waals surface area contributed by atoms with Gasteiger partial charge in [-0.25, -0.2) is 0 Å². The zero-order chi connectivity index (χ0) is 12.8. The number of hydrazone groups is 1. The van der Waals surface area contributed by atoms with Crippen molar-refractivity contribution in [3.05, 3.63) is 29.3 Å². The second kappa shape index (κ2) is 6.42. The highest BCUT2D eigenvalue weighted by Crippen LogP contribution is 2.16. The van der Waals surface area contributed by atoms with Gasteiger partial charge in [0.2, 0.25) is 0 Å². The van der Waals surface area contributed by atoms with Crippen molar-refractivity contribution < 1.29 is 4.74 Å². The number of hydrogen-bond donors (Lipinski definition) is 2. The molecule has 92 valence electrons.